The lowest BCUT2D eigenvalue weighted by Gasteiger charge is -2.42. The highest BCUT2D eigenvalue weighted by molar-refractivity contribution is 8.03. The number of carbonyl (C=O) groups is 1. The number of fused-ring (bicyclic) bond motifs is 1. The van der Waals surface area contributed by atoms with Crippen molar-refractivity contribution in [1.29, 1.82) is 5.26 Å². The van der Waals surface area contributed by atoms with E-state index in [2.05, 4.69) is 43.0 Å². The molecule has 2 aliphatic heterocycles. The van der Waals surface area contributed by atoms with Gasteiger partial charge < -0.3 is 4.90 Å². The standard InChI is InChI=1S/C22H20ClN3OS/c1-14-7-8-16(9-15(14)2)25-12-26-21(27)10-18(17-5-3-4-6-20(17)23)19(11-24)22(26)28-13-25/h3-9,18H,10,12-13H2,1-2H3/t18-/m1/s1. The molecular weight excluding hydrogens is 390 g/mol. The molecule has 2 aromatic carbocycles. The molecule has 4 rings (SSSR count). The number of benzene rings is 2. The van der Waals surface area contributed by atoms with Crippen LogP contribution in [-0.2, 0) is 4.79 Å². The number of anilines is 1. The Balaban J connectivity index is 1.68. The number of halogens is 1. The SMILES string of the molecule is Cc1ccc(N2CSC3=C(C#N)[C@@H](c4ccccc4Cl)CC(=O)N3C2)cc1C. The first-order valence-corrected chi connectivity index (χ1v) is 10.5. The van der Waals surface area contributed by atoms with E-state index in [9.17, 15) is 10.1 Å². The highest BCUT2D eigenvalue weighted by Crippen LogP contribution is 2.44. The van der Waals surface area contributed by atoms with Crippen LogP contribution in [0.15, 0.2) is 53.1 Å². The lowest BCUT2D eigenvalue weighted by atomic mass is 9.86. The van der Waals surface area contributed by atoms with Crippen LogP contribution in [0.3, 0.4) is 0 Å². The third-order valence-corrected chi connectivity index (χ3v) is 6.93. The Bertz CT molecular complexity index is 1030. The first kappa shape index (κ1) is 18.9. The number of amides is 1. The average molecular weight is 410 g/mol. The van der Waals surface area contributed by atoms with E-state index < -0.39 is 0 Å². The molecule has 1 atom stereocenters. The van der Waals surface area contributed by atoms with Gasteiger partial charge in [0, 0.05) is 23.0 Å². The zero-order valence-corrected chi connectivity index (χ0v) is 17.3. The number of allylic oxidation sites excluding steroid dienone is 1. The summed E-state index contributed by atoms with van der Waals surface area (Å²) in [6.07, 6.45) is 0.261. The van der Waals surface area contributed by atoms with Gasteiger partial charge in [0.2, 0.25) is 5.91 Å². The minimum Gasteiger partial charge on any atom is -0.344 e. The summed E-state index contributed by atoms with van der Waals surface area (Å²) in [5.41, 5.74) is 5.05. The van der Waals surface area contributed by atoms with Gasteiger partial charge in [-0.3, -0.25) is 9.69 Å². The number of carbonyl (C=O) groups excluding carboxylic acids is 1. The van der Waals surface area contributed by atoms with E-state index in [1.807, 2.05) is 24.3 Å². The Hall–Kier alpha value is -2.42. The van der Waals surface area contributed by atoms with Crippen LogP contribution in [0, 0.1) is 25.2 Å². The topological polar surface area (TPSA) is 47.3 Å². The molecule has 6 heteroatoms. The molecule has 4 nitrogen and oxygen atoms in total. The third kappa shape index (κ3) is 3.28. The predicted octanol–water partition coefficient (Wildman–Crippen LogP) is 5.18. The fourth-order valence-corrected chi connectivity index (χ4v) is 5.11. The Labute approximate surface area is 174 Å². The molecule has 2 heterocycles. The first-order valence-electron chi connectivity index (χ1n) is 9.13. The molecule has 0 saturated carbocycles. The predicted molar refractivity (Wildman–Crippen MR) is 114 cm³/mol. The number of nitrogens with zero attached hydrogens (tertiary/aromatic N) is 3. The molecule has 0 spiro atoms. The Morgan fingerprint density at radius 3 is 2.68 bits per heavy atom. The Morgan fingerprint density at radius 1 is 1.18 bits per heavy atom. The van der Waals surface area contributed by atoms with Gasteiger partial charge in [-0.05, 0) is 48.7 Å². The van der Waals surface area contributed by atoms with Crippen LogP contribution in [0.1, 0.15) is 29.0 Å². The summed E-state index contributed by atoms with van der Waals surface area (Å²) in [7, 11) is 0. The number of hydrogen-bond donors (Lipinski definition) is 0. The summed E-state index contributed by atoms with van der Waals surface area (Å²) in [5, 5.41) is 11.2. The number of nitriles is 1. The molecule has 2 aromatic rings. The lowest BCUT2D eigenvalue weighted by Crippen LogP contribution is -2.47. The zero-order valence-electron chi connectivity index (χ0n) is 15.8. The van der Waals surface area contributed by atoms with Crippen LogP contribution < -0.4 is 4.90 Å². The molecule has 28 heavy (non-hydrogen) atoms. The van der Waals surface area contributed by atoms with Gasteiger partial charge in [-0.15, -0.1) is 0 Å². The number of thioether (sulfide) groups is 1. The van der Waals surface area contributed by atoms with Crippen molar-refractivity contribution < 1.29 is 4.79 Å². The summed E-state index contributed by atoms with van der Waals surface area (Å²) in [5.74, 6) is 0.445. The largest absolute Gasteiger partial charge is 0.344 e. The monoisotopic (exact) mass is 409 g/mol. The number of aryl methyl sites for hydroxylation is 2. The smallest absolute Gasteiger partial charge is 0.229 e. The van der Waals surface area contributed by atoms with Gasteiger partial charge in [-0.25, -0.2) is 0 Å². The summed E-state index contributed by atoms with van der Waals surface area (Å²) < 4.78 is 0. The summed E-state index contributed by atoms with van der Waals surface area (Å²) in [6.45, 7) is 4.65. The van der Waals surface area contributed by atoms with Gasteiger partial charge in [-0.1, -0.05) is 47.6 Å². The van der Waals surface area contributed by atoms with Crippen LogP contribution in [-0.4, -0.2) is 23.4 Å². The van der Waals surface area contributed by atoms with E-state index in [0.29, 0.717) is 23.1 Å². The van der Waals surface area contributed by atoms with Crippen molar-refractivity contribution in [2.45, 2.75) is 26.2 Å². The van der Waals surface area contributed by atoms with Gasteiger partial charge in [0.1, 0.15) is 0 Å². The third-order valence-electron chi connectivity index (χ3n) is 5.43. The maximum absolute atomic E-state index is 13.0. The number of rotatable bonds is 2. The summed E-state index contributed by atoms with van der Waals surface area (Å²) >= 11 is 7.91. The van der Waals surface area contributed by atoms with Crippen molar-refractivity contribution in [3.05, 3.63) is 74.8 Å². The summed E-state index contributed by atoms with van der Waals surface area (Å²) in [6, 6.07) is 16.2. The van der Waals surface area contributed by atoms with Crippen LogP contribution in [0.4, 0.5) is 5.69 Å². The fourth-order valence-electron chi connectivity index (χ4n) is 3.67. The molecule has 0 radical (unpaired) electrons. The maximum Gasteiger partial charge on any atom is 0.229 e. The van der Waals surface area contributed by atoms with Crippen LogP contribution in [0.25, 0.3) is 0 Å². The van der Waals surface area contributed by atoms with E-state index in [0.717, 1.165) is 16.3 Å². The molecule has 0 N–H and O–H groups in total. The molecule has 0 unspecified atom stereocenters. The Morgan fingerprint density at radius 2 is 1.96 bits per heavy atom. The van der Waals surface area contributed by atoms with E-state index >= 15 is 0 Å². The van der Waals surface area contributed by atoms with E-state index in [1.54, 1.807) is 16.7 Å². The van der Waals surface area contributed by atoms with Crippen molar-refractivity contribution in [2.24, 2.45) is 0 Å². The number of hydrogen-bond acceptors (Lipinski definition) is 4. The van der Waals surface area contributed by atoms with E-state index in [4.69, 9.17) is 11.6 Å². The molecule has 142 valence electrons. The molecular formula is C22H20ClN3OS. The maximum atomic E-state index is 13.0. The average Bonchev–Trinajstić information content (AvgIpc) is 2.70. The second-order valence-corrected chi connectivity index (χ2v) is 8.49. The van der Waals surface area contributed by atoms with Crippen molar-refractivity contribution in [3.63, 3.8) is 0 Å². The Kier molecular flexibility index (Phi) is 5.09. The van der Waals surface area contributed by atoms with E-state index in [-0.39, 0.29) is 18.2 Å². The van der Waals surface area contributed by atoms with Gasteiger partial charge >= 0.3 is 0 Å². The zero-order chi connectivity index (χ0) is 19.8. The van der Waals surface area contributed by atoms with Crippen LogP contribution in [0.2, 0.25) is 5.02 Å². The van der Waals surface area contributed by atoms with Crippen molar-refractivity contribution >= 4 is 35.0 Å². The molecule has 1 amide bonds. The molecule has 1 saturated heterocycles. The normalized spacial score (nSPS) is 19.5. The molecule has 2 aliphatic rings. The fraction of sp³-hybridized carbons (Fsp3) is 0.273. The van der Waals surface area contributed by atoms with E-state index in [1.165, 1.54) is 11.1 Å². The highest BCUT2D eigenvalue weighted by Gasteiger charge is 2.38. The minimum absolute atomic E-state index is 0.0277. The van der Waals surface area contributed by atoms with Gasteiger partial charge in [0.25, 0.3) is 0 Å². The van der Waals surface area contributed by atoms with Crippen LogP contribution >= 0.6 is 23.4 Å². The van der Waals surface area contributed by atoms with Gasteiger partial charge in [0.15, 0.2) is 0 Å². The molecule has 0 aliphatic carbocycles. The quantitative estimate of drug-likeness (QED) is 0.685. The molecule has 1 fully saturated rings. The van der Waals surface area contributed by atoms with Crippen molar-refractivity contribution in [3.8, 4) is 6.07 Å². The minimum atomic E-state index is -0.280. The van der Waals surface area contributed by atoms with Crippen molar-refractivity contribution in [1.82, 2.24) is 4.90 Å². The van der Waals surface area contributed by atoms with Gasteiger partial charge in [0.05, 0.1) is 29.2 Å². The molecule has 0 aromatic heterocycles. The molecule has 0 bridgehead atoms. The summed E-state index contributed by atoms with van der Waals surface area (Å²) in [4.78, 5) is 16.9. The highest BCUT2D eigenvalue weighted by atomic mass is 35.5. The van der Waals surface area contributed by atoms with Crippen LogP contribution in [0.5, 0.6) is 0 Å². The van der Waals surface area contributed by atoms with Gasteiger partial charge in [-0.2, -0.15) is 5.26 Å². The lowest BCUT2D eigenvalue weighted by molar-refractivity contribution is -0.129. The van der Waals surface area contributed by atoms with Crippen molar-refractivity contribution in [2.75, 3.05) is 17.4 Å². The second kappa shape index (κ2) is 7.54. The first-order chi connectivity index (χ1) is 13.5. The second-order valence-electron chi connectivity index (χ2n) is 7.15.